The van der Waals surface area contributed by atoms with Gasteiger partial charge < -0.3 is 13.6 Å². The average molecular weight is 782 g/mol. The molecule has 3 aromatic heterocycles. The number of aromatic nitrogens is 2. The maximum absolute atomic E-state index is 9.82. The Morgan fingerprint density at radius 3 is 1.68 bits per heavy atom. The Balaban J connectivity index is 1.12. The zero-order valence-corrected chi connectivity index (χ0v) is 33.5. The van der Waals surface area contributed by atoms with E-state index in [0.29, 0.717) is 5.56 Å². The second-order valence-electron chi connectivity index (χ2n) is 15.6. The minimum absolute atomic E-state index is 0.658. The highest BCUT2D eigenvalue weighted by atomic mass is 28.3. The first kappa shape index (κ1) is 34.2. The van der Waals surface area contributed by atoms with Crippen molar-refractivity contribution < 1.29 is 4.42 Å². The Bertz CT molecular complexity index is 3630. The predicted molar refractivity (Wildman–Crippen MR) is 251 cm³/mol. The quantitative estimate of drug-likeness (QED) is 0.125. The number of fused-ring (bicyclic) bond motifs is 10. The molecular formula is C55H35N3OSi. The first-order valence-electron chi connectivity index (χ1n) is 20.3. The first-order chi connectivity index (χ1) is 29.7. The van der Waals surface area contributed by atoms with Crippen molar-refractivity contribution in [1.29, 1.82) is 5.26 Å². The van der Waals surface area contributed by atoms with E-state index in [0.717, 1.165) is 66.2 Å². The molecular weight excluding hydrogens is 747 g/mol. The van der Waals surface area contributed by atoms with Gasteiger partial charge >= 0.3 is 0 Å². The molecule has 0 saturated carbocycles. The van der Waals surface area contributed by atoms with Crippen LogP contribution < -0.4 is 20.7 Å². The van der Waals surface area contributed by atoms with Gasteiger partial charge in [0.15, 0.2) is 8.07 Å². The van der Waals surface area contributed by atoms with Gasteiger partial charge in [-0.3, -0.25) is 0 Å². The van der Waals surface area contributed by atoms with Gasteiger partial charge in [0.05, 0.1) is 39.1 Å². The van der Waals surface area contributed by atoms with Crippen LogP contribution in [0, 0.1) is 11.3 Å². The van der Waals surface area contributed by atoms with Crippen molar-refractivity contribution in [3.63, 3.8) is 0 Å². The lowest BCUT2D eigenvalue weighted by molar-refractivity contribution is 0.669. The summed E-state index contributed by atoms with van der Waals surface area (Å²) in [6, 6.07) is 79.1. The predicted octanol–water partition coefficient (Wildman–Crippen LogP) is 11.0. The van der Waals surface area contributed by atoms with E-state index >= 15 is 0 Å². The summed E-state index contributed by atoms with van der Waals surface area (Å²) >= 11 is 0. The van der Waals surface area contributed by atoms with Gasteiger partial charge in [0.2, 0.25) is 0 Å². The van der Waals surface area contributed by atoms with Crippen LogP contribution in [0.4, 0.5) is 0 Å². The van der Waals surface area contributed by atoms with Crippen molar-refractivity contribution in [2.24, 2.45) is 0 Å². The van der Waals surface area contributed by atoms with Crippen molar-refractivity contribution in [2.45, 2.75) is 0 Å². The highest BCUT2D eigenvalue weighted by molar-refractivity contribution is 7.19. The highest BCUT2D eigenvalue weighted by Crippen LogP contribution is 2.41. The summed E-state index contributed by atoms with van der Waals surface area (Å²) in [6.07, 6.45) is 0. The molecule has 0 aliphatic heterocycles. The molecule has 9 aromatic carbocycles. The minimum atomic E-state index is -2.96. The standard InChI is InChI=1S/C55H35N3OSi/c56-36-37-26-32-51-48(34-37)45-21-8-10-23-49(45)57(51)39-14-13-19-43(35-39)60(40-15-3-1-4-16-40,41-17-5-2-6-18-41)42-29-27-38(28-30-42)58-50-24-11-7-20-44(50)46-31-33-53-54(55(46)58)47-22-9-12-25-52(47)59-53/h1-35H. The molecule has 0 aliphatic rings. The molecule has 0 bridgehead atoms. The number of rotatable bonds is 6. The van der Waals surface area contributed by atoms with Crippen molar-refractivity contribution in [3.8, 4) is 17.4 Å². The molecule has 280 valence electrons. The van der Waals surface area contributed by atoms with E-state index in [2.05, 4.69) is 209 Å². The molecule has 0 aliphatic carbocycles. The Morgan fingerprint density at radius 1 is 0.383 bits per heavy atom. The molecule has 5 heteroatoms. The monoisotopic (exact) mass is 781 g/mol. The summed E-state index contributed by atoms with van der Waals surface area (Å²) in [4.78, 5) is 0. The molecule has 0 fully saturated rings. The van der Waals surface area contributed by atoms with Crippen LogP contribution in [0.2, 0.25) is 0 Å². The molecule has 12 rings (SSSR count). The molecule has 0 radical (unpaired) electrons. The lowest BCUT2D eigenvalue weighted by Gasteiger charge is -2.35. The van der Waals surface area contributed by atoms with Crippen molar-refractivity contribution in [2.75, 3.05) is 0 Å². The molecule has 0 spiro atoms. The van der Waals surface area contributed by atoms with Gasteiger partial charge in [0.25, 0.3) is 0 Å². The van der Waals surface area contributed by atoms with Gasteiger partial charge in [-0.05, 0) is 93.5 Å². The van der Waals surface area contributed by atoms with E-state index in [9.17, 15) is 5.26 Å². The molecule has 0 N–H and O–H groups in total. The highest BCUT2D eigenvalue weighted by Gasteiger charge is 2.41. The Kier molecular flexibility index (Phi) is 7.58. The average Bonchev–Trinajstić information content (AvgIpc) is 3.98. The number of nitriles is 1. The summed E-state index contributed by atoms with van der Waals surface area (Å²) in [6.45, 7) is 0. The number of hydrogen-bond donors (Lipinski definition) is 0. The van der Waals surface area contributed by atoms with Crippen LogP contribution >= 0.6 is 0 Å². The van der Waals surface area contributed by atoms with E-state index in [1.807, 2.05) is 18.2 Å². The van der Waals surface area contributed by atoms with Crippen LogP contribution in [-0.4, -0.2) is 17.2 Å². The molecule has 0 saturated heterocycles. The second kappa shape index (κ2) is 13.3. The molecule has 0 amide bonds. The topological polar surface area (TPSA) is 46.8 Å². The molecule has 60 heavy (non-hydrogen) atoms. The van der Waals surface area contributed by atoms with Crippen molar-refractivity contribution in [1.82, 2.24) is 9.13 Å². The number of nitrogens with zero attached hydrogens (tertiary/aromatic N) is 3. The fraction of sp³-hybridized carbons (Fsp3) is 0. The second-order valence-corrected chi connectivity index (χ2v) is 19.4. The zero-order chi connectivity index (χ0) is 39.8. The minimum Gasteiger partial charge on any atom is -0.456 e. The van der Waals surface area contributed by atoms with Gasteiger partial charge in [-0.15, -0.1) is 0 Å². The van der Waals surface area contributed by atoms with E-state index in [-0.39, 0.29) is 0 Å². The third-order valence-electron chi connectivity index (χ3n) is 12.5. The third-order valence-corrected chi connectivity index (χ3v) is 17.3. The van der Waals surface area contributed by atoms with Gasteiger partial charge in [0.1, 0.15) is 11.2 Å². The molecule has 0 atom stereocenters. The van der Waals surface area contributed by atoms with Crippen LogP contribution in [0.3, 0.4) is 0 Å². The number of hydrogen-bond acceptors (Lipinski definition) is 2. The first-order valence-corrected chi connectivity index (χ1v) is 22.3. The van der Waals surface area contributed by atoms with E-state index in [4.69, 9.17) is 4.42 Å². The van der Waals surface area contributed by atoms with Gasteiger partial charge in [-0.2, -0.15) is 5.26 Å². The normalized spacial score (nSPS) is 12.0. The van der Waals surface area contributed by atoms with Crippen LogP contribution in [-0.2, 0) is 0 Å². The molecule has 3 heterocycles. The smallest absolute Gasteiger partial charge is 0.179 e. The SMILES string of the molecule is N#Cc1ccc2c(c1)c1ccccc1n2-c1cccc([Si](c2ccccc2)(c2ccccc2)c2ccc(-n3c4ccccc4c4ccc5oc6ccccc6c5c43)cc2)c1. The molecule has 12 aromatic rings. The lowest BCUT2D eigenvalue weighted by atomic mass is 10.1. The van der Waals surface area contributed by atoms with Crippen molar-refractivity contribution >= 4 is 94.4 Å². The van der Waals surface area contributed by atoms with Gasteiger partial charge in [-0.25, -0.2) is 0 Å². The van der Waals surface area contributed by atoms with Crippen molar-refractivity contribution in [3.05, 3.63) is 218 Å². The Hall–Kier alpha value is -7.91. The largest absolute Gasteiger partial charge is 0.456 e. The summed E-state index contributed by atoms with van der Waals surface area (Å²) in [5.41, 5.74) is 9.13. The van der Waals surface area contributed by atoms with Crippen LogP contribution in [0.15, 0.2) is 217 Å². The van der Waals surface area contributed by atoms with E-state index < -0.39 is 8.07 Å². The number of para-hydroxylation sites is 3. The zero-order valence-electron chi connectivity index (χ0n) is 32.5. The summed E-state index contributed by atoms with van der Waals surface area (Å²) in [5.74, 6) is 0. The van der Waals surface area contributed by atoms with Gasteiger partial charge in [-0.1, -0.05) is 140 Å². The van der Waals surface area contributed by atoms with Gasteiger partial charge in [0, 0.05) is 38.3 Å². The van der Waals surface area contributed by atoms with E-state index in [1.54, 1.807) is 0 Å². The van der Waals surface area contributed by atoms with Crippen LogP contribution in [0.1, 0.15) is 5.56 Å². The summed E-state index contributed by atoms with van der Waals surface area (Å²) in [5, 5.41) is 21.9. The Morgan fingerprint density at radius 2 is 0.967 bits per heavy atom. The van der Waals surface area contributed by atoms with Crippen LogP contribution in [0.5, 0.6) is 0 Å². The van der Waals surface area contributed by atoms with Crippen LogP contribution in [0.25, 0.3) is 76.9 Å². The summed E-state index contributed by atoms with van der Waals surface area (Å²) < 4.78 is 11.2. The third kappa shape index (κ3) is 4.89. The Labute approximate surface area is 347 Å². The lowest BCUT2D eigenvalue weighted by Crippen LogP contribution is -2.74. The fourth-order valence-electron chi connectivity index (χ4n) is 9.97. The maximum Gasteiger partial charge on any atom is 0.179 e. The summed E-state index contributed by atoms with van der Waals surface area (Å²) in [7, 11) is -2.96. The number of furan rings is 1. The fourth-order valence-corrected chi connectivity index (χ4v) is 14.7. The molecule has 4 nitrogen and oxygen atoms in total. The molecule has 0 unspecified atom stereocenters. The number of benzene rings is 9. The van der Waals surface area contributed by atoms with E-state index in [1.165, 1.54) is 31.5 Å². The maximum atomic E-state index is 9.82.